The number of hydrogen-bond acceptors (Lipinski definition) is 8. The van der Waals surface area contributed by atoms with E-state index in [1.54, 1.807) is 0 Å². The molecule has 0 heterocycles. The maximum Gasteiger partial charge on any atom is 0.0748 e. The Morgan fingerprint density at radius 3 is 0.597 bits per heavy atom. The van der Waals surface area contributed by atoms with Crippen LogP contribution in [0.5, 0.6) is 0 Å². The van der Waals surface area contributed by atoms with Crippen LogP contribution in [0.2, 0.25) is 0 Å². The molecule has 20 aromatic rings. The van der Waals surface area contributed by atoms with Crippen molar-refractivity contribution in [2.24, 2.45) is 39.9 Å². The van der Waals surface area contributed by atoms with E-state index in [-0.39, 0.29) is 0 Å². The fourth-order valence-corrected chi connectivity index (χ4v) is 18.3. The molecule has 20 aromatic carbocycles. The molecule has 0 bridgehead atoms. The lowest BCUT2D eigenvalue weighted by Gasteiger charge is -2.25. The van der Waals surface area contributed by atoms with Crippen LogP contribution >= 0.6 is 0 Å². The molecular weight excluding hydrogens is 1510 g/mol. The first-order chi connectivity index (χ1) is 60.7. The van der Waals surface area contributed by atoms with Crippen LogP contribution in [0.3, 0.4) is 0 Å². The normalized spacial score (nSPS) is 15.0. The fourth-order valence-electron chi connectivity index (χ4n) is 18.3. The summed E-state index contributed by atoms with van der Waals surface area (Å²) in [4.78, 5) is 42.3. The molecule has 2 aliphatic rings. The van der Waals surface area contributed by atoms with Gasteiger partial charge in [0.05, 0.1) is 89.8 Å². The van der Waals surface area contributed by atoms with E-state index in [0.29, 0.717) is 0 Å². The lowest BCUT2D eigenvalue weighted by Crippen LogP contribution is -2.21. The lowest BCUT2D eigenvalue weighted by molar-refractivity contribution is 1.20. The third kappa shape index (κ3) is 13.8. The standard InChI is InChI=1S/C62H44N4.C54H40N4/c1-37-39(3)61(65-47-23-13-7-14-24-47)57-35-43-31-53-51(29-41(43)33-55(57)59(37)63-45-19-9-5-10-20-45)49-27-17-18-28-50(49)52-30-42-34-56-58(36-44(42)32-54(52)53)62(66-48-25-15-8-16-26-48)40(4)38(2)60(56)64-46-21-11-6-12-22-46;1-33-34(2)53(57-43-21-13-7-14-22-43)49-31-40-29-45-37(27-39(40)30-48(49)52(33)56-42-19-11-6-12-20-42)25-26-38-28-47-50(32-46(38)45)54(58-44-23-15-8-16-24-44)36(4)35(3)51(47)55-41-17-9-5-10-18-41/h5-36H,1-4H3;5-32H,1-4H3. The summed E-state index contributed by atoms with van der Waals surface area (Å²) in [6, 6.07) is 128. The molecule has 0 N–H and O–H groups in total. The second kappa shape index (κ2) is 31.5. The number of benzene rings is 20. The van der Waals surface area contributed by atoms with E-state index < -0.39 is 0 Å². The molecule has 0 saturated carbocycles. The summed E-state index contributed by atoms with van der Waals surface area (Å²) in [6.45, 7) is 17.4. The van der Waals surface area contributed by atoms with E-state index in [1.807, 2.05) is 146 Å². The summed E-state index contributed by atoms with van der Waals surface area (Å²) in [6.07, 6.45) is 0. The van der Waals surface area contributed by atoms with Gasteiger partial charge in [0, 0.05) is 43.8 Å². The second-order valence-electron chi connectivity index (χ2n) is 32.7. The van der Waals surface area contributed by atoms with Crippen molar-refractivity contribution in [2.75, 3.05) is 0 Å². The van der Waals surface area contributed by atoms with E-state index in [1.165, 1.54) is 48.5 Å². The van der Waals surface area contributed by atoms with Gasteiger partial charge in [0.1, 0.15) is 0 Å². The van der Waals surface area contributed by atoms with Crippen molar-refractivity contribution in [2.45, 2.75) is 55.4 Å². The minimum absolute atomic E-state index is 0.926. The van der Waals surface area contributed by atoms with Crippen molar-refractivity contribution in [1.82, 2.24) is 0 Å². The number of para-hydroxylation sites is 8. The number of allylic oxidation sites excluding steroid dienone is 4. The molecule has 0 spiro atoms. The highest BCUT2D eigenvalue weighted by molar-refractivity contribution is 6.35. The van der Waals surface area contributed by atoms with E-state index in [9.17, 15) is 0 Å². The zero-order valence-electron chi connectivity index (χ0n) is 70.2. The first-order valence-electron chi connectivity index (χ1n) is 42.4. The summed E-state index contributed by atoms with van der Waals surface area (Å²) >= 11 is 0. The molecule has 0 radical (unpaired) electrons. The molecule has 0 aromatic heterocycles. The second-order valence-corrected chi connectivity index (χ2v) is 32.7. The molecule has 8 nitrogen and oxygen atoms in total. The van der Waals surface area contributed by atoms with Gasteiger partial charge in [0.25, 0.3) is 0 Å². The topological polar surface area (TPSA) is 98.9 Å². The first kappa shape index (κ1) is 75.8. The largest absolute Gasteiger partial charge is 0.248 e. The Morgan fingerprint density at radius 2 is 0.323 bits per heavy atom. The summed E-state index contributed by atoms with van der Waals surface area (Å²) in [7, 11) is 0. The molecular formula is C116H84N8. The van der Waals surface area contributed by atoms with Crippen LogP contribution in [0.1, 0.15) is 72.2 Å². The van der Waals surface area contributed by atoms with Crippen molar-refractivity contribution in [3.8, 4) is 0 Å². The smallest absolute Gasteiger partial charge is 0.0748 e. The quantitative estimate of drug-likeness (QED) is 0.107. The third-order valence-electron chi connectivity index (χ3n) is 25.2. The molecule has 2 aliphatic carbocycles. The van der Waals surface area contributed by atoms with Crippen molar-refractivity contribution in [3.63, 3.8) is 0 Å². The molecule has 0 amide bonds. The molecule has 0 saturated heterocycles. The molecule has 8 heteroatoms. The fraction of sp³-hybridized carbons (Fsp3) is 0.0690. The zero-order valence-corrected chi connectivity index (χ0v) is 70.2. The third-order valence-corrected chi connectivity index (χ3v) is 25.2. The van der Waals surface area contributed by atoms with Crippen molar-refractivity contribution >= 4 is 176 Å². The molecule has 588 valence electrons. The zero-order chi connectivity index (χ0) is 83.8. The monoisotopic (exact) mass is 1590 g/mol. The SMILES string of the molecule is CC1=C(C)C(=Nc2ccccc2)c2cc3cc4c(cc3cc2C1=Nc1ccccc1)c1ccccc1c1cc2cc3c(cc2cc14)C(=Nc1ccccc1)C(C)=C(C)C3=Nc1ccccc1.Cc1c(C)c(=Nc2ccccc2)c2cc3cc4c(ccc5cc6c(=Nc7ccccc7)c(C)c(C)c(=Nc7ccccc7)c6cc54)cc3cc2c1=Nc1ccccc1. The Labute approximate surface area is 718 Å². The van der Waals surface area contributed by atoms with Crippen LogP contribution < -0.4 is 21.4 Å². The maximum absolute atomic E-state index is 5.32. The van der Waals surface area contributed by atoms with Crippen LogP contribution in [0.4, 0.5) is 45.5 Å². The van der Waals surface area contributed by atoms with Crippen molar-refractivity contribution < 1.29 is 0 Å². The maximum atomic E-state index is 5.32. The highest BCUT2D eigenvalue weighted by Crippen LogP contribution is 2.44. The Hall–Kier alpha value is -15.6. The van der Waals surface area contributed by atoms with Gasteiger partial charge in [0.2, 0.25) is 0 Å². The number of nitrogens with zero attached hydrogens (tertiary/aromatic N) is 8. The molecule has 0 aliphatic heterocycles. The highest BCUT2D eigenvalue weighted by Gasteiger charge is 2.29. The molecule has 0 unspecified atom stereocenters. The lowest BCUT2D eigenvalue weighted by atomic mass is 9.81. The Kier molecular flexibility index (Phi) is 19.3. The molecule has 124 heavy (non-hydrogen) atoms. The van der Waals surface area contributed by atoms with Crippen LogP contribution in [-0.4, -0.2) is 22.8 Å². The van der Waals surface area contributed by atoms with Gasteiger partial charge in [-0.25, -0.2) is 39.9 Å². The summed E-state index contributed by atoms with van der Waals surface area (Å²) in [5, 5.41) is 27.3. The summed E-state index contributed by atoms with van der Waals surface area (Å²) in [5.41, 5.74) is 24.7. The van der Waals surface area contributed by atoms with E-state index in [2.05, 4.69) is 274 Å². The van der Waals surface area contributed by atoms with Crippen LogP contribution in [-0.2, 0) is 0 Å². The highest BCUT2D eigenvalue weighted by atomic mass is 14.8. The Balaban J connectivity index is 0.000000153. The first-order valence-corrected chi connectivity index (χ1v) is 42.4. The van der Waals surface area contributed by atoms with E-state index in [0.717, 1.165) is 216 Å². The van der Waals surface area contributed by atoms with Crippen LogP contribution in [0.15, 0.2) is 426 Å². The number of hydrogen-bond donors (Lipinski definition) is 0. The molecule has 22 rings (SSSR count). The van der Waals surface area contributed by atoms with Gasteiger partial charge in [-0.3, -0.25) is 0 Å². The van der Waals surface area contributed by atoms with Gasteiger partial charge in [-0.15, -0.1) is 0 Å². The number of fused-ring (bicyclic) bond motifs is 16. The predicted molar refractivity (Wildman–Crippen MR) is 523 cm³/mol. The Morgan fingerprint density at radius 1 is 0.137 bits per heavy atom. The average molecular weight is 1590 g/mol. The van der Waals surface area contributed by atoms with E-state index in [4.69, 9.17) is 39.9 Å². The van der Waals surface area contributed by atoms with Gasteiger partial charge < -0.3 is 0 Å². The Bertz CT molecular complexity index is 8020. The molecule has 0 fully saturated rings. The average Bonchev–Trinajstić information content (AvgIpc) is 0.727. The van der Waals surface area contributed by atoms with Crippen molar-refractivity contribution in [3.05, 3.63) is 452 Å². The van der Waals surface area contributed by atoms with Gasteiger partial charge >= 0.3 is 0 Å². The van der Waals surface area contributed by atoms with E-state index >= 15 is 0 Å². The minimum Gasteiger partial charge on any atom is -0.248 e. The van der Waals surface area contributed by atoms with Gasteiger partial charge in [-0.05, 0) is 368 Å². The number of aliphatic imine (C=N–C) groups is 4. The van der Waals surface area contributed by atoms with Gasteiger partial charge in [-0.2, -0.15) is 0 Å². The van der Waals surface area contributed by atoms with Crippen LogP contribution in [0, 0.1) is 27.7 Å². The summed E-state index contributed by atoms with van der Waals surface area (Å²) < 4.78 is 0. The van der Waals surface area contributed by atoms with Crippen LogP contribution in [0.25, 0.3) is 108 Å². The van der Waals surface area contributed by atoms with Gasteiger partial charge in [-0.1, -0.05) is 182 Å². The molecule has 0 atom stereocenters. The number of rotatable bonds is 8. The predicted octanol–water partition coefficient (Wildman–Crippen LogP) is 29.1. The minimum atomic E-state index is 0.926. The van der Waals surface area contributed by atoms with Crippen molar-refractivity contribution in [1.29, 1.82) is 0 Å². The van der Waals surface area contributed by atoms with Gasteiger partial charge in [0.15, 0.2) is 0 Å². The summed E-state index contributed by atoms with van der Waals surface area (Å²) in [5.74, 6) is 0.